The van der Waals surface area contributed by atoms with E-state index in [-0.39, 0.29) is 0 Å². The monoisotopic (exact) mass is 294 g/mol. The zero-order chi connectivity index (χ0) is 14.2. The van der Waals surface area contributed by atoms with Gasteiger partial charge >= 0.3 is 0 Å². The standard InChI is InChI=1S/C16H11ClN4/c17-11-5-6-14-15(7-11)21-16(10-8-18-19-9-10)12-3-1-2-4-13(12)20-14/h1-9,20H,(H,18,19). The smallest absolute Gasteiger partial charge is 0.0887 e. The molecule has 0 saturated carbocycles. The lowest BCUT2D eigenvalue weighted by atomic mass is 10.0. The normalized spacial score (nSPS) is 12.7. The van der Waals surface area contributed by atoms with Crippen LogP contribution in [0.4, 0.5) is 17.1 Å². The van der Waals surface area contributed by atoms with Gasteiger partial charge in [-0.3, -0.25) is 5.10 Å². The van der Waals surface area contributed by atoms with E-state index in [1.54, 1.807) is 6.20 Å². The summed E-state index contributed by atoms with van der Waals surface area (Å²) in [5.74, 6) is 0. The van der Waals surface area contributed by atoms with E-state index in [0.717, 1.165) is 33.9 Å². The largest absolute Gasteiger partial charge is 0.353 e. The maximum atomic E-state index is 6.10. The van der Waals surface area contributed by atoms with Crippen molar-refractivity contribution >= 4 is 34.4 Å². The molecule has 0 aliphatic carbocycles. The highest BCUT2D eigenvalue weighted by Gasteiger charge is 2.18. The highest BCUT2D eigenvalue weighted by Crippen LogP contribution is 2.36. The summed E-state index contributed by atoms with van der Waals surface area (Å²) in [5, 5.41) is 10.9. The number of H-pyrrole nitrogens is 1. The predicted molar refractivity (Wildman–Crippen MR) is 85.1 cm³/mol. The number of rotatable bonds is 1. The molecule has 3 aromatic rings. The van der Waals surface area contributed by atoms with Gasteiger partial charge in [-0.05, 0) is 24.3 Å². The van der Waals surface area contributed by atoms with E-state index in [0.29, 0.717) is 5.02 Å². The number of nitrogens with zero attached hydrogens (tertiary/aromatic N) is 2. The summed E-state index contributed by atoms with van der Waals surface area (Å²) in [4.78, 5) is 4.79. The quantitative estimate of drug-likeness (QED) is 0.550. The number of nitrogens with one attached hydrogen (secondary N) is 2. The van der Waals surface area contributed by atoms with Crippen molar-refractivity contribution in [1.82, 2.24) is 10.2 Å². The zero-order valence-corrected chi connectivity index (χ0v) is 11.7. The summed E-state index contributed by atoms with van der Waals surface area (Å²) in [5.41, 5.74) is 5.61. The van der Waals surface area contributed by atoms with Crippen molar-refractivity contribution in [1.29, 1.82) is 0 Å². The van der Waals surface area contributed by atoms with Gasteiger partial charge < -0.3 is 5.32 Å². The maximum absolute atomic E-state index is 6.10. The lowest BCUT2D eigenvalue weighted by Gasteiger charge is -2.09. The van der Waals surface area contributed by atoms with Gasteiger partial charge in [-0.15, -0.1) is 0 Å². The number of aliphatic imine (C=N–C) groups is 1. The molecule has 2 aromatic carbocycles. The van der Waals surface area contributed by atoms with Crippen LogP contribution in [0.5, 0.6) is 0 Å². The van der Waals surface area contributed by atoms with Crippen LogP contribution in [0.2, 0.25) is 5.02 Å². The number of hydrogen-bond acceptors (Lipinski definition) is 3. The third kappa shape index (κ3) is 2.10. The lowest BCUT2D eigenvalue weighted by molar-refractivity contribution is 1.09. The molecular formula is C16H11ClN4. The fraction of sp³-hybridized carbons (Fsp3) is 0. The topological polar surface area (TPSA) is 53.1 Å². The minimum absolute atomic E-state index is 0.664. The molecule has 1 aliphatic heterocycles. The number of benzene rings is 2. The van der Waals surface area contributed by atoms with Crippen molar-refractivity contribution in [2.24, 2.45) is 4.99 Å². The molecule has 2 heterocycles. The van der Waals surface area contributed by atoms with Gasteiger partial charge in [-0.2, -0.15) is 5.10 Å². The molecule has 0 radical (unpaired) electrons. The average Bonchev–Trinajstić information content (AvgIpc) is 2.97. The Morgan fingerprint density at radius 3 is 2.76 bits per heavy atom. The van der Waals surface area contributed by atoms with Crippen LogP contribution in [0.3, 0.4) is 0 Å². The summed E-state index contributed by atoms with van der Waals surface area (Å²) >= 11 is 6.10. The van der Waals surface area contributed by atoms with Gasteiger partial charge in [0.25, 0.3) is 0 Å². The first-order chi connectivity index (χ1) is 10.3. The maximum Gasteiger partial charge on any atom is 0.0887 e. The second-order valence-electron chi connectivity index (χ2n) is 4.78. The number of halogens is 1. The van der Waals surface area contributed by atoms with E-state index >= 15 is 0 Å². The third-order valence-corrected chi connectivity index (χ3v) is 3.65. The van der Waals surface area contributed by atoms with E-state index in [4.69, 9.17) is 16.6 Å². The molecule has 0 saturated heterocycles. The molecule has 2 N–H and O–H groups in total. The van der Waals surface area contributed by atoms with Crippen LogP contribution in [0, 0.1) is 0 Å². The van der Waals surface area contributed by atoms with E-state index in [1.165, 1.54) is 0 Å². The minimum atomic E-state index is 0.664. The van der Waals surface area contributed by atoms with E-state index in [2.05, 4.69) is 15.5 Å². The van der Waals surface area contributed by atoms with Gasteiger partial charge in [0.1, 0.15) is 0 Å². The van der Waals surface area contributed by atoms with E-state index in [1.807, 2.05) is 48.7 Å². The highest BCUT2D eigenvalue weighted by atomic mass is 35.5. The number of anilines is 2. The number of aromatic amines is 1. The summed E-state index contributed by atoms with van der Waals surface area (Å²) in [6, 6.07) is 13.7. The SMILES string of the molecule is Clc1ccc2c(c1)N=C(c1cn[nH]c1)c1ccccc1N2. The molecule has 0 bridgehead atoms. The molecule has 1 aliphatic rings. The molecule has 0 amide bonds. The van der Waals surface area contributed by atoms with Crippen molar-refractivity contribution in [2.75, 3.05) is 5.32 Å². The second-order valence-corrected chi connectivity index (χ2v) is 5.22. The molecule has 5 heteroatoms. The summed E-state index contributed by atoms with van der Waals surface area (Å²) in [6.07, 6.45) is 3.61. The van der Waals surface area contributed by atoms with Gasteiger partial charge in [-0.25, -0.2) is 4.99 Å². The number of aromatic nitrogens is 2. The molecule has 0 unspecified atom stereocenters. The van der Waals surface area contributed by atoms with Gasteiger partial charge in [0.2, 0.25) is 0 Å². The molecule has 0 fully saturated rings. The number of para-hydroxylation sites is 1. The Balaban J connectivity index is 2.01. The van der Waals surface area contributed by atoms with Crippen molar-refractivity contribution in [3.8, 4) is 0 Å². The Hall–Kier alpha value is -2.59. The Morgan fingerprint density at radius 2 is 1.90 bits per heavy atom. The number of hydrogen-bond donors (Lipinski definition) is 2. The number of fused-ring (bicyclic) bond motifs is 2. The van der Waals surface area contributed by atoms with Crippen molar-refractivity contribution < 1.29 is 0 Å². The second kappa shape index (κ2) is 4.75. The van der Waals surface area contributed by atoms with Gasteiger partial charge in [0.05, 0.1) is 23.3 Å². The lowest BCUT2D eigenvalue weighted by Crippen LogP contribution is -2.03. The van der Waals surface area contributed by atoms with Crippen LogP contribution < -0.4 is 5.32 Å². The molecule has 4 nitrogen and oxygen atoms in total. The predicted octanol–water partition coefficient (Wildman–Crippen LogP) is 4.29. The van der Waals surface area contributed by atoms with Crippen LogP contribution in [0.25, 0.3) is 0 Å². The van der Waals surface area contributed by atoms with Crippen LogP contribution in [-0.2, 0) is 0 Å². The molecule has 4 rings (SSSR count). The molecule has 102 valence electrons. The fourth-order valence-corrected chi connectivity index (χ4v) is 2.59. The first-order valence-corrected chi connectivity index (χ1v) is 6.93. The van der Waals surface area contributed by atoms with E-state index < -0.39 is 0 Å². The van der Waals surface area contributed by atoms with Gasteiger partial charge in [-0.1, -0.05) is 29.8 Å². The minimum Gasteiger partial charge on any atom is -0.353 e. The highest BCUT2D eigenvalue weighted by molar-refractivity contribution is 6.31. The molecule has 0 atom stereocenters. The molecule has 1 aromatic heterocycles. The Morgan fingerprint density at radius 1 is 1.00 bits per heavy atom. The Kier molecular flexibility index (Phi) is 2.75. The van der Waals surface area contributed by atoms with Crippen molar-refractivity contribution in [2.45, 2.75) is 0 Å². The first kappa shape index (κ1) is 12.2. The third-order valence-electron chi connectivity index (χ3n) is 3.42. The summed E-state index contributed by atoms with van der Waals surface area (Å²) < 4.78 is 0. The van der Waals surface area contributed by atoms with Gasteiger partial charge in [0, 0.05) is 28.0 Å². The zero-order valence-electron chi connectivity index (χ0n) is 11.0. The van der Waals surface area contributed by atoms with Crippen LogP contribution >= 0.6 is 11.6 Å². The summed E-state index contributed by atoms with van der Waals surface area (Å²) in [6.45, 7) is 0. The van der Waals surface area contributed by atoms with Crippen LogP contribution in [0.15, 0.2) is 59.9 Å². The molecular weight excluding hydrogens is 284 g/mol. The fourth-order valence-electron chi connectivity index (χ4n) is 2.43. The Bertz CT molecular complexity index is 837. The Labute approximate surface area is 126 Å². The van der Waals surface area contributed by atoms with Crippen molar-refractivity contribution in [3.05, 3.63) is 71.0 Å². The van der Waals surface area contributed by atoms with Crippen molar-refractivity contribution in [3.63, 3.8) is 0 Å². The molecule has 21 heavy (non-hydrogen) atoms. The molecule has 0 spiro atoms. The van der Waals surface area contributed by atoms with Gasteiger partial charge in [0.15, 0.2) is 0 Å². The van der Waals surface area contributed by atoms with Crippen LogP contribution in [-0.4, -0.2) is 15.9 Å². The van der Waals surface area contributed by atoms with Crippen LogP contribution in [0.1, 0.15) is 11.1 Å². The summed E-state index contributed by atoms with van der Waals surface area (Å²) in [7, 11) is 0. The first-order valence-electron chi connectivity index (χ1n) is 6.55. The average molecular weight is 295 g/mol. The van der Waals surface area contributed by atoms with E-state index in [9.17, 15) is 0 Å².